The van der Waals surface area contributed by atoms with Gasteiger partial charge in [0.1, 0.15) is 0 Å². The molecule has 0 fully saturated rings. The molecular formula is C63H41NS. The number of rotatable bonds is 7. The van der Waals surface area contributed by atoms with Crippen molar-refractivity contribution in [3.05, 3.63) is 271 Å². The Morgan fingerprint density at radius 1 is 0.308 bits per heavy atom. The minimum Gasteiger partial charge on any atom is -0.310 e. The molecule has 1 aliphatic rings. The predicted octanol–water partition coefficient (Wildman–Crippen LogP) is 17.5. The van der Waals surface area contributed by atoms with E-state index >= 15 is 0 Å². The van der Waals surface area contributed by atoms with Gasteiger partial charge in [-0.2, -0.15) is 0 Å². The predicted molar refractivity (Wildman–Crippen MR) is 277 cm³/mol. The third kappa shape index (κ3) is 5.85. The second kappa shape index (κ2) is 15.1. The summed E-state index contributed by atoms with van der Waals surface area (Å²) in [5.41, 5.74) is 15.3. The Morgan fingerprint density at radius 3 is 1.57 bits per heavy atom. The number of fused-ring (bicyclic) bond motifs is 10. The first-order valence-electron chi connectivity index (χ1n) is 22.4. The largest absolute Gasteiger partial charge is 0.310 e. The minimum absolute atomic E-state index is 0.502. The maximum atomic E-state index is 2.46. The van der Waals surface area contributed by atoms with E-state index in [0.717, 1.165) is 17.1 Å². The molecule has 1 nitrogen and oxygen atoms in total. The SMILES string of the molecule is c1ccc(-c2ccc(N(c3ccc(-c4cccc5c4sc4c5ccc5ccc6ccccc6c54)cc3)c3ccc4c(c3)C(c3ccccc3)(c3ccccc3)c3ccccc3-4)cc2)cc1. The molecule has 304 valence electrons. The Labute approximate surface area is 382 Å². The van der Waals surface area contributed by atoms with Crippen molar-refractivity contribution in [2.75, 3.05) is 4.90 Å². The second-order valence-corrected chi connectivity index (χ2v) is 18.2. The standard InChI is InChI=1S/C63H41NS/c1-4-15-42(16-5-1)43-29-34-49(35-30-43)64(51-38-40-55-54-23-12-13-26-58(54)63(59(55)41-51,47-18-6-2-7-19-47)48-20-8-3-9-21-48)50-36-31-45(32-37-50)53-24-14-25-56-57-39-33-46-28-27-44-17-10-11-22-52(44)60(46)62(57)65-61(53)56/h1-41H. The molecule has 0 saturated carbocycles. The van der Waals surface area contributed by atoms with Crippen LogP contribution in [0.3, 0.4) is 0 Å². The zero-order valence-corrected chi connectivity index (χ0v) is 36.3. The molecule has 0 N–H and O–H groups in total. The first-order valence-corrected chi connectivity index (χ1v) is 23.2. The van der Waals surface area contributed by atoms with Crippen LogP contribution in [0.5, 0.6) is 0 Å². The fourth-order valence-electron chi connectivity index (χ4n) is 10.8. The Morgan fingerprint density at radius 2 is 0.831 bits per heavy atom. The van der Waals surface area contributed by atoms with Gasteiger partial charge in [-0.3, -0.25) is 0 Å². The van der Waals surface area contributed by atoms with Crippen molar-refractivity contribution < 1.29 is 0 Å². The van der Waals surface area contributed by atoms with Gasteiger partial charge in [-0.25, -0.2) is 0 Å². The number of anilines is 3. The lowest BCUT2D eigenvalue weighted by atomic mass is 9.67. The highest BCUT2D eigenvalue weighted by atomic mass is 32.1. The van der Waals surface area contributed by atoms with E-state index in [0.29, 0.717) is 0 Å². The van der Waals surface area contributed by atoms with Gasteiger partial charge in [0.2, 0.25) is 0 Å². The molecular weight excluding hydrogens is 803 g/mol. The molecule has 65 heavy (non-hydrogen) atoms. The highest BCUT2D eigenvalue weighted by molar-refractivity contribution is 7.27. The molecule has 1 aliphatic carbocycles. The summed E-state index contributed by atoms with van der Waals surface area (Å²) in [5, 5.41) is 7.84. The van der Waals surface area contributed by atoms with E-state index in [4.69, 9.17) is 0 Å². The van der Waals surface area contributed by atoms with Crippen LogP contribution in [0.1, 0.15) is 22.3 Å². The second-order valence-electron chi connectivity index (χ2n) is 17.2. The van der Waals surface area contributed by atoms with Crippen molar-refractivity contribution in [3.8, 4) is 33.4 Å². The summed E-state index contributed by atoms with van der Waals surface area (Å²) in [6.45, 7) is 0. The number of hydrogen-bond acceptors (Lipinski definition) is 2. The van der Waals surface area contributed by atoms with E-state index in [1.807, 2.05) is 11.3 Å². The fourth-order valence-corrected chi connectivity index (χ4v) is 12.2. The van der Waals surface area contributed by atoms with Crippen LogP contribution in [0.15, 0.2) is 249 Å². The van der Waals surface area contributed by atoms with E-state index in [-0.39, 0.29) is 0 Å². The minimum atomic E-state index is -0.502. The van der Waals surface area contributed by atoms with Crippen molar-refractivity contribution in [1.29, 1.82) is 0 Å². The third-order valence-electron chi connectivity index (χ3n) is 13.7. The summed E-state index contributed by atoms with van der Waals surface area (Å²) in [6, 6.07) is 91.9. The summed E-state index contributed by atoms with van der Waals surface area (Å²) in [5.74, 6) is 0. The molecule has 1 heterocycles. The van der Waals surface area contributed by atoms with Crippen LogP contribution in [0.2, 0.25) is 0 Å². The van der Waals surface area contributed by atoms with Crippen LogP contribution in [-0.4, -0.2) is 0 Å². The zero-order chi connectivity index (χ0) is 42.9. The van der Waals surface area contributed by atoms with Crippen LogP contribution in [-0.2, 0) is 5.41 Å². The van der Waals surface area contributed by atoms with E-state index in [9.17, 15) is 0 Å². The van der Waals surface area contributed by atoms with Gasteiger partial charge in [-0.15, -0.1) is 11.3 Å². The van der Waals surface area contributed by atoms with Crippen molar-refractivity contribution in [2.24, 2.45) is 0 Å². The van der Waals surface area contributed by atoms with E-state index in [1.165, 1.54) is 97.4 Å². The third-order valence-corrected chi connectivity index (χ3v) is 15.0. The van der Waals surface area contributed by atoms with Crippen molar-refractivity contribution in [1.82, 2.24) is 0 Å². The van der Waals surface area contributed by atoms with Gasteiger partial charge in [-0.1, -0.05) is 212 Å². The van der Waals surface area contributed by atoms with Gasteiger partial charge in [0, 0.05) is 42.6 Å². The normalized spacial score (nSPS) is 12.7. The maximum Gasteiger partial charge on any atom is 0.0714 e. The first kappa shape index (κ1) is 37.5. The molecule has 0 amide bonds. The Hall–Kier alpha value is -8.04. The van der Waals surface area contributed by atoms with Gasteiger partial charge in [-0.05, 0) is 108 Å². The Kier molecular flexibility index (Phi) is 8.69. The van der Waals surface area contributed by atoms with Crippen LogP contribution < -0.4 is 4.90 Å². The van der Waals surface area contributed by atoms with Gasteiger partial charge in [0.05, 0.1) is 5.41 Å². The molecule has 0 aliphatic heterocycles. The average molecular weight is 844 g/mol. The van der Waals surface area contributed by atoms with Gasteiger partial charge in [0.25, 0.3) is 0 Å². The monoisotopic (exact) mass is 843 g/mol. The average Bonchev–Trinajstić information content (AvgIpc) is 3.92. The molecule has 2 heteroatoms. The number of hydrogen-bond donors (Lipinski definition) is 0. The number of thiophene rings is 1. The Balaban J connectivity index is 0.985. The molecule has 0 atom stereocenters. The summed E-state index contributed by atoms with van der Waals surface area (Å²) in [7, 11) is 0. The highest BCUT2D eigenvalue weighted by Crippen LogP contribution is 2.57. The van der Waals surface area contributed by atoms with Crippen molar-refractivity contribution >= 4 is 70.1 Å². The van der Waals surface area contributed by atoms with Gasteiger partial charge < -0.3 is 4.90 Å². The molecule has 0 radical (unpaired) electrons. The molecule has 11 aromatic carbocycles. The molecule has 0 saturated heterocycles. The molecule has 0 spiro atoms. The lowest BCUT2D eigenvalue weighted by Gasteiger charge is -2.35. The summed E-state index contributed by atoms with van der Waals surface area (Å²) >= 11 is 1.92. The summed E-state index contributed by atoms with van der Waals surface area (Å²) in [6.07, 6.45) is 0. The van der Waals surface area contributed by atoms with Crippen LogP contribution in [0.4, 0.5) is 17.1 Å². The zero-order valence-electron chi connectivity index (χ0n) is 35.5. The topological polar surface area (TPSA) is 3.24 Å². The lowest BCUT2D eigenvalue weighted by molar-refractivity contribution is 0.768. The number of nitrogens with zero attached hydrogens (tertiary/aromatic N) is 1. The molecule has 12 aromatic rings. The quantitative estimate of drug-likeness (QED) is 0.145. The molecule has 0 unspecified atom stereocenters. The van der Waals surface area contributed by atoms with Crippen molar-refractivity contribution in [2.45, 2.75) is 5.41 Å². The Bertz CT molecular complexity index is 3700. The molecule has 13 rings (SSSR count). The lowest BCUT2D eigenvalue weighted by Crippen LogP contribution is -2.28. The summed E-state index contributed by atoms with van der Waals surface area (Å²) in [4.78, 5) is 2.43. The molecule has 1 aromatic heterocycles. The van der Waals surface area contributed by atoms with Crippen LogP contribution >= 0.6 is 11.3 Å². The van der Waals surface area contributed by atoms with E-state index in [1.54, 1.807) is 0 Å². The van der Waals surface area contributed by atoms with Crippen LogP contribution in [0, 0.1) is 0 Å². The van der Waals surface area contributed by atoms with Gasteiger partial charge >= 0.3 is 0 Å². The fraction of sp³-hybridized carbons (Fsp3) is 0.0159. The van der Waals surface area contributed by atoms with Crippen molar-refractivity contribution in [3.63, 3.8) is 0 Å². The van der Waals surface area contributed by atoms with Gasteiger partial charge in [0.15, 0.2) is 0 Å². The maximum absolute atomic E-state index is 2.46. The highest BCUT2D eigenvalue weighted by Gasteiger charge is 2.46. The number of benzene rings is 11. The first-order chi connectivity index (χ1) is 32.2. The summed E-state index contributed by atoms with van der Waals surface area (Å²) < 4.78 is 2.67. The molecule has 0 bridgehead atoms. The van der Waals surface area contributed by atoms with Crippen LogP contribution in [0.25, 0.3) is 75.1 Å². The smallest absolute Gasteiger partial charge is 0.0714 e. The van der Waals surface area contributed by atoms with E-state index < -0.39 is 5.41 Å². The van der Waals surface area contributed by atoms with E-state index in [2.05, 4.69) is 254 Å².